The number of nitrogens with zero attached hydrogens (tertiary/aromatic N) is 1. The molecule has 4 atom stereocenters. The van der Waals surface area contributed by atoms with Crippen LogP contribution in [-0.4, -0.2) is 45.1 Å². The van der Waals surface area contributed by atoms with E-state index < -0.39 is 18.1 Å². The Hall–Kier alpha value is -0.750. The van der Waals surface area contributed by atoms with E-state index in [9.17, 15) is 14.7 Å². The third-order valence-electron chi connectivity index (χ3n) is 3.71. The lowest BCUT2D eigenvalue weighted by Gasteiger charge is -2.31. The number of hydrogen-bond donors (Lipinski definition) is 2. The van der Waals surface area contributed by atoms with Crippen LogP contribution in [0.1, 0.15) is 40.0 Å². The van der Waals surface area contributed by atoms with Crippen molar-refractivity contribution in [2.24, 2.45) is 11.7 Å². The third-order valence-corrected chi connectivity index (χ3v) is 5.07. The number of carbonyl (C=O) groups is 2. The summed E-state index contributed by atoms with van der Waals surface area (Å²) in [4.78, 5) is 25.3. The fraction of sp³-hybridized carbons (Fsp3) is 0.846. The molecule has 1 fully saturated rings. The molecule has 0 aromatic rings. The number of hydrogen-bond acceptors (Lipinski definition) is 4. The molecular formula is C13H24N2O3S. The molecule has 1 heterocycles. The first-order chi connectivity index (χ1) is 8.93. The van der Waals surface area contributed by atoms with E-state index >= 15 is 0 Å². The molecule has 0 spiro atoms. The van der Waals surface area contributed by atoms with Gasteiger partial charge < -0.3 is 15.7 Å². The van der Waals surface area contributed by atoms with E-state index in [1.807, 2.05) is 20.8 Å². The van der Waals surface area contributed by atoms with E-state index in [-0.39, 0.29) is 17.2 Å². The molecule has 1 amide bonds. The first kappa shape index (κ1) is 16.3. The number of thioether (sulfide) groups is 1. The van der Waals surface area contributed by atoms with E-state index in [1.165, 1.54) is 4.90 Å². The van der Waals surface area contributed by atoms with Crippen LogP contribution in [0.4, 0.5) is 0 Å². The van der Waals surface area contributed by atoms with Gasteiger partial charge in [0.15, 0.2) is 0 Å². The van der Waals surface area contributed by atoms with Gasteiger partial charge in [0, 0.05) is 5.75 Å². The van der Waals surface area contributed by atoms with Gasteiger partial charge >= 0.3 is 5.97 Å². The van der Waals surface area contributed by atoms with Gasteiger partial charge in [-0.3, -0.25) is 4.79 Å². The van der Waals surface area contributed by atoms with Gasteiger partial charge in [-0.1, -0.05) is 33.6 Å². The van der Waals surface area contributed by atoms with Crippen molar-refractivity contribution < 1.29 is 14.7 Å². The first-order valence-electron chi connectivity index (χ1n) is 6.86. The van der Waals surface area contributed by atoms with E-state index in [0.29, 0.717) is 5.75 Å². The summed E-state index contributed by atoms with van der Waals surface area (Å²) in [6, 6.07) is -1.34. The highest BCUT2D eigenvalue weighted by atomic mass is 32.2. The second-order valence-electron chi connectivity index (χ2n) is 5.09. The lowest BCUT2D eigenvalue weighted by atomic mass is 9.98. The van der Waals surface area contributed by atoms with Crippen LogP contribution in [0.25, 0.3) is 0 Å². The molecule has 0 aliphatic carbocycles. The van der Waals surface area contributed by atoms with Gasteiger partial charge in [0.25, 0.3) is 0 Å². The molecule has 1 rings (SSSR count). The molecule has 0 bridgehead atoms. The summed E-state index contributed by atoms with van der Waals surface area (Å²) < 4.78 is 0. The summed E-state index contributed by atoms with van der Waals surface area (Å²) >= 11 is 1.55. The Morgan fingerprint density at radius 2 is 2.11 bits per heavy atom. The van der Waals surface area contributed by atoms with Crippen LogP contribution >= 0.6 is 11.8 Å². The van der Waals surface area contributed by atoms with Gasteiger partial charge in [-0.05, 0) is 12.3 Å². The molecule has 3 N–H and O–H groups in total. The van der Waals surface area contributed by atoms with Crippen molar-refractivity contribution in [3.8, 4) is 0 Å². The molecule has 5 nitrogen and oxygen atoms in total. The largest absolute Gasteiger partial charge is 0.480 e. The Morgan fingerprint density at radius 3 is 2.58 bits per heavy atom. The molecular weight excluding hydrogens is 264 g/mol. The second kappa shape index (κ2) is 7.14. The molecule has 1 aliphatic rings. The number of amides is 1. The van der Waals surface area contributed by atoms with Crippen molar-refractivity contribution in [1.29, 1.82) is 0 Å². The zero-order chi connectivity index (χ0) is 14.6. The van der Waals surface area contributed by atoms with E-state index in [0.717, 1.165) is 19.3 Å². The summed E-state index contributed by atoms with van der Waals surface area (Å²) in [5.41, 5.74) is 5.98. The van der Waals surface area contributed by atoms with Gasteiger partial charge in [-0.25, -0.2) is 4.79 Å². The highest BCUT2D eigenvalue weighted by Crippen LogP contribution is 2.33. The third kappa shape index (κ3) is 3.63. The molecule has 19 heavy (non-hydrogen) atoms. The maximum absolute atomic E-state index is 12.5. The van der Waals surface area contributed by atoms with Crippen molar-refractivity contribution in [2.75, 3.05) is 5.75 Å². The summed E-state index contributed by atoms with van der Waals surface area (Å²) in [5.74, 6) is -0.630. The highest BCUT2D eigenvalue weighted by molar-refractivity contribution is 8.00. The van der Waals surface area contributed by atoms with Crippen LogP contribution in [-0.2, 0) is 9.59 Å². The lowest BCUT2D eigenvalue weighted by molar-refractivity contribution is -0.150. The normalized spacial score (nSPS) is 26.2. The predicted octanol–water partition coefficient (Wildman–Crippen LogP) is 1.51. The standard InChI is InChI=1S/C13H24N2O3S/c1-4-6-10-15(9(7-19-10)13(17)18)12(16)11(14)8(3)5-2/h8-11H,4-7,14H2,1-3H3,(H,17,18)/t8?,9?,10?,11-/m0/s1. The molecule has 6 heteroatoms. The van der Waals surface area contributed by atoms with Gasteiger partial charge in [-0.15, -0.1) is 11.8 Å². The molecule has 110 valence electrons. The highest BCUT2D eigenvalue weighted by Gasteiger charge is 2.43. The number of carboxylic acid groups (broad SMARTS) is 1. The minimum absolute atomic E-state index is 0.0475. The average molecular weight is 288 g/mol. The molecule has 0 aromatic carbocycles. The van der Waals surface area contributed by atoms with Crippen LogP contribution in [0.5, 0.6) is 0 Å². The Bertz CT molecular complexity index is 338. The Labute approximate surface area is 118 Å². The Kier molecular flexibility index (Phi) is 6.13. The van der Waals surface area contributed by atoms with E-state index in [2.05, 4.69) is 0 Å². The molecule has 0 saturated carbocycles. The zero-order valence-electron chi connectivity index (χ0n) is 11.8. The molecule has 3 unspecified atom stereocenters. The topological polar surface area (TPSA) is 83.6 Å². The van der Waals surface area contributed by atoms with Crippen molar-refractivity contribution in [3.63, 3.8) is 0 Å². The van der Waals surface area contributed by atoms with Crippen LogP contribution in [0.2, 0.25) is 0 Å². The average Bonchev–Trinajstić information content (AvgIpc) is 2.80. The van der Waals surface area contributed by atoms with Crippen LogP contribution in [0.15, 0.2) is 0 Å². The fourth-order valence-electron chi connectivity index (χ4n) is 2.19. The monoisotopic (exact) mass is 288 g/mol. The number of carbonyl (C=O) groups excluding carboxylic acids is 1. The molecule has 1 saturated heterocycles. The minimum atomic E-state index is -0.934. The maximum atomic E-state index is 12.5. The summed E-state index contributed by atoms with van der Waals surface area (Å²) in [7, 11) is 0. The van der Waals surface area contributed by atoms with Gasteiger partial charge in [0.1, 0.15) is 6.04 Å². The van der Waals surface area contributed by atoms with Gasteiger partial charge in [0.05, 0.1) is 11.4 Å². The van der Waals surface area contributed by atoms with E-state index in [1.54, 1.807) is 11.8 Å². The summed E-state index contributed by atoms with van der Waals surface area (Å²) in [6.07, 6.45) is 2.55. The molecule has 0 radical (unpaired) electrons. The van der Waals surface area contributed by atoms with Crippen LogP contribution in [0.3, 0.4) is 0 Å². The van der Waals surface area contributed by atoms with Crippen LogP contribution < -0.4 is 5.73 Å². The molecule has 0 aromatic heterocycles. The number of rotatable bonds is 6. The second-order valence-corrected chi connectivity index (χ2v) is 6.30. The van der Waals surface area contributed by atoms with Crippen molar-refractivity contribution in [2.45, 2.75) is 57.5 Å². The first-order valence-corrected chi connectivity index (χ1v) is 7.91. The SMILES string of the molecule is CCCC1SCC(C(=O)O)N1C(=O)[C@@H](N)C(C)CC. The van der Waals surface area contributed by atoms with Gasteiger partial charge in [-0.2, -0.15) is 0 Å². The quantitative estimate of drug-likeness (QED) is 0.774. The Morgan fingerprint density at radius 1 is 1.47 bits per heavy atom. The number of nitrogens with two attached hydrogens (primary N) is 1. The van der Waals surface area contributed by atoms with Crippen molar-refractivity contribution in [1.82, 2.24) is 4.90 Å². The number of carboxylic acids is 1. The van der Waals surface area contributed by atoms with Gasteiger partial charge in [0.2, 0.25) is 5.91 Å². The maximum Gasteiger partial charge on any atom is 0.327 e. The van der Waals surface area contributed by atoms with E-state index in [4.69, 9.17) is 5.73 Å². The fourth-order valence-corrected chi connectivity index (χ4v) is 3.71. The minimum Gasteiger partial charge on any atom is -0.480 e. The van der Waals surface area contributed by atoms with Crippen LogP contribution in [0, 0.1) is 5.92 Å². The summed E-state index contributed by atoms with van der Waals surface area (Å²) in [5, 5.41) is 9.20. The lowest BCUT2D eigenvalue weighted by Crippen LogP contribution is -2.53. The zero-order valence-corrected chi connectivity index (χ0v) is 12.7. The smallest absolute Gasteiger partial charge is 0.327 e. The number of aliphatic carboxylic acids is 1. The Balaban J connectivity index is 2.88. The molecule has 1 aliphatic heterocycles. The van der Waals surface area contributed by atoms with Crippen molar-refractivity contribution >= 4 is 23.6 Å². The summed E-state index contributed by atoms with van der Waals surface area (Å²) in [6.45, 7) is 5.94. The predicted molar refractivity (Wildman–Crippen MR) is 76.9 cm³/mol. The van der Waals surface area contributed by atoms with Crippen molar-refractivity contribution in [3.05, 3.63) is 0 Å².